The van der Waals surface area contributed by atoms with Gasteiger partial charge in [0.1, 0.15) is 16.3 Å². The average molecular weight is 394 g/mol. The molecule has 0 spiro atoms. The van der Waals surface area contributed by atoms with E-state index in [0.717, 1.165) is 16.4 Å². The number of hydrogen-bond acceptors (Lipinski definition) is 6. The van der Waals surface area contributed by atoms with Crippen LogP contribution in [0.25, 0.3) is 16.5 Å². The molecule has 4 aromatic rings. The van der Waals surface area contributed by atoms with Gasteiger partial charge in [0, 0.05) is 24.0 Å². The summed E-state index contributed by atoms with van der Waals surface area (Å²) in [5, 5.41) is 7.67. The highest BCUT2D eigenvalue weighted by Crippen LogP contribution is 2.25. The lowest BCUT2D eigenvalue weighted by atomic mass is 10.1. The van der Waals surface area contributed by atoms with Gasteiger partial charge in [-0.25, -0.2) is 4.98 Å². The molecule has 0 atom stereocenters. The largest absolute Gasteiger partial charge is 0.497 e. The highest BCUT2D eigenvalue weighted by atomic mass is 32.1. The second-order valence-corrected chi connectivity index (χ2v) is 7.08. The molecule has 0 saturated heterocycles. The molecule has 0 saturated carbocycles. The summed E-state index contributed by atoms with van der Waals surface area (Å²) in [6.07, 6.45) is 3.80. The zero-order valence-electron chi connectivity index (χ0n) is 15.4. The topological polar surface area (TPSA) is 82.2 Å². The summed E-state index contributed by atoms with van der Waals surface area (Å²) in [6.45, 7) is 2.10. The van der Waals surface area contributed by atoms with Crippen LogP contribution in [0.5, 0.6) is 5.75 Å². The van der Waals surface area contributed by atoms with Crippen molar-refractivity contribution in [3.63, 3.8) is 0 Å². The molecule has 0 aliphatic rings. The molecule has 3 heterocycles. The Morgan fingerprint density at radius 1 is 1.25 bits per heavy atom. The number of amides is 1. The number of thiazole rings is 1. The number of rotatable bonds is 6. The minimum absolute atomic E-state index is 0.181. The third-order valence-corrected chi connectivity index (χ3v) is 5.33. The molecule has 28 heavy (non-hydrogen) atoms. The summed E-state index contributed by atoms with van der Waals surface area (Å²) in [4.78, 5) is 17.6. The summed E-state index contributed by atoms with van der Waals surface area (Å²) in [6, 6.07) is 13.2. The van der Waals surface area contributed by atoms with Gasteiger partial charge >= 0.3 is 0 Å². The van der Waals surface area contributed by atoms with E-state index < -0.39 is 0 Å². The molecule has 4 rings (SSSR count). The summed E-state index contributed by atoms with van der Waals surface area (Å²) in [5.74, 6) is 1.18. The van der Waals surface area contributed by atoms with Crippen LogP contribution >= 0.6 is 11.3 Å². The van der Waals surface area contributed by atoms with Crippen molar-refractivity contribution in [2.75, 3.05) is 7.11 Å². The van der Waals surface area contributed by atoms with Crippen molar-refractivity contribution in [2.45, 2.75) is 13.5 Å². The predicted octanol–water partition coefficient (Wildman–Crippen LogP) is 3.84. The van der Waals surface area contributed by atoms with E-state index in [2.05, 4.69) is 15.5 Å². The van der Waals surface area contributed by atoms with Crippen molar-refractivity contribution >= 4 is 17.2 Å². The maximum absolute atomic E-state index is 12.6. The van der Waals surface area contributed by atoms with Gasteiger partial charge in [0.05, 0.1) is 19.3 Å². The normalized spacial score (nSPS) is 10.8. The van der Waals surface area contributed by atoms with Crippen molar-refractivity contribution in [1.82, 2.24) is 20.0 Å². The van der Waals surface area contributed by atoms with Crippen LogP contribution in [0.2, 0.25) is 0 Å². The van der Waals surface area contributed by atoms with Crippen molar-refractivity contribution in [3.8, 4) is 22.2 Å². The number of aryl methyl sites for hydroxylation is 1. The number of methoxy groups -OCH3 is 1. The summed E-state index contributed by atoms with van der Waals surface area (Å²) >= 11 is 1.35. The fourth-order valence-corrected chi connectivity index (χ4v) is 3.67. The Kier molecular flexibility index (Phi) is 4.94. The first-order valence-electron chi connectivity index (χ1n) is 8.63. The molecule has 0 fully saturated rings. The molecule has 0 bridgehead atoms. The Labute approximate surface area is 165 Å². The number of benzene rings is 1. The number of carbonyl (C=O) groups excluding carboxylic acids is 1. The molecule has 0 unspecified atom stereocenters. The maximum atomic E-state index is 12.6. The van der Waals surface area contributed by atoms with Crippen LogP contribution < -0.4 is 10.1 Å². The van der Waals surface area contributed by atoms with Gasteiger partial charge in [0.25, 0.3) is 5.91 Å². The summed E-state index contributed by atoms with van der Waals surface area (Å²) in [7, 11) is 1.61. The molecular weight excluding hydrogens is 376 g/mol. The third kappa shape index (κ3) is 3.67. The first-order valence-corrected chi connectivity index (χ1v) is 9.44. The number of nitrogens with one attached hydrogen (secondary N) is 1. The van der Waals surface area contributed by atoms with Crippen LogP contribution in [0.1, 0.15) is 21.1 Å². The fourth-order valence-electron chi connectivity index (χ4n) is 2.72. The van der Waals surface area contributed by atoms with E-state index in [1.807, 2.05) is 60.3 Å². The number of carbonyl (C=O) groups is 1. The Morgan fingerprint density at radius 3 is 2.86 bits per heavy atom. The van der Waals surface area contributed by atoms with E-state index in [0.29, 0.717) is 22.0 Å². The van der Waals surface area contributed by atoms with E-state index in [-0.39, 0.29) is 12.5 Å². The summed E-state index contributed by atoms with van der Waals surface area (Å²) < 4.78 is 12.5. The number of hydrogen-bond donors (Lipinski definition) is 1. The van der Waals surface area contributed by atoms with Gasteiger partial charge in [-0.15, -0.1) is 0 Å². The standard InChI is InChI=1S/C20H18N4O3S/c1-13-18(28-20(22-13)24-8-3-4-9-24)19(25)21-12-15-11-17(27-23-15)14-6-5-7-16(10-14)26-2/h3-11H,12H2,1-2H3,(H,21,25). The molecule has 142 valence electrons. The number of nitrogens with zero attached hydrogens (tertiary/aromatic N) is 3. The Balaban J connectivity index is 1.44. The number of aromatic nitrogens is 3. The third-order valence-electron chi connectivity index (χ3n) is 4.16. The van der Waals surface area contributed by atoms with Crippen LogP contribution in [0.4, 0.5) is 0 Å². The average Bonchev–Trinajstić information content (AvgIpc) is 3.46. The van der Waals surface area contributed by atoms with E-state index in [1.165, 1.54) is 11.3 Å². The van der Waals surface area contributed by atoms with Crippen LogP contribution in [0.3, 0.4) is 0 Å². The van der Waals surface area contributed by atoms with Gasteiger partial charge in [-0.05, 0) is 31.2 Å². The molecule has 0 radical (unpaired) electrons. The molecule has 0 aliphatic heterocycles. The molecule has 7 nitrogen and oxygen atoms in total. The van der Waals surface area contributed by atoms with Gasteiger partial charge in [0.2, 0.25) is 0 Å². The predicted molar refractivity (Wildman–Crippen MR) is 106 cm³/mol. The van der Waals surface area contributed by atoms with E-state index >= 15 is 0 Å². The monoisotopic (exact) mass is 394 g/mol. The molecule has 0 aliphatic carbocycles. The Morgan fingerprint density at radius 2 is 2.07 bits per heavy atom. The lowest BCUT2D eigenvalue weighted by Crippen LogP contribution is -2.22. The highest BCUT2D eigenvalue weighted by Gasteiger charge is 2.16. The summed E-state index contributed by atoms with van der Waals surface area (Å²) in [5.41, 5.74) is 2.20. The van der Waals surface area contributed by atoms with Crippen LogP contribution in [0, 0.1) is 6.92 Å². The zero-order chi connectivity index (χ0) is 19.5. The molecule has 1 N–H and O–H groups in total. The van der Waals surface area contributed by atoms with Gasteiger partial charge in [0.15, 0.2) is 10.9 Å². The van der Waals surface area contributed by atoms with Gasteiger partial charge in [-0.2, -0.15) is 0 Å². The minimum atomic E-state index is -0.181. The Bertz CT molecular complexity index is 1100. The fraction of sp³-hybridized carbons (Fsp3) is 0.150. The number of ether oxygens (including phenoxy) is 1. The van der Waals surface area contributed by atoms with Crippen molar-refractivity contribution in [2.24, 2.45) is 0 Å². The molecule has 1 aromatic carbocycles. The second-order valence-electron chi connectivity index (χ2n) is 6.10. The maximum Gasteiger partial charge on any atom is 0.263 e. The van der Waals surface area contributed by atoms with Gasteiger partial charge in [-0.3, -0.25) is 4.79 Å². The molecular formula is C20H18N4O3S. The first kappa shape index (κ1) is 18.0. The molecule has 8 heteroatoms. The van der Waals surface area contributed by atoms with E-state index in [4.69, 9.17) is 9.26 Å². The molecule has 3 aromatic heterocycles. The SMILES string of the molecule is COc1cccc(-c2cc(CNC(=O)c3sc(-n4cccc4)nc3C)no2)c1. The lowest BCUT2D eigenvalue weighted by molar-refractivity contribution is 0.0953. The van der Waals surface area contributed by atoms with Gasteiger partial charge in [-0.1, -0.05) is 28.6 Å². The smallest absolute Gasteiger partial charge is 0.263 e. The van der Waals surface area contributed by atoms with E-state index in [9.17, 15) is 4.79 Å². The van der Waals surface area contributed by atoms with Crippen LogP contribution in [0.15, 0.2) is 59.4 Å². The molecule has 1 amide bonds. The Hall–Kier alpha value is -3.39. The van der Waals surface area contributed by atoms with Gasteiger partial charge < -0.3 is 19.1 Å². The minimum Gasteiger partial charge on any atom is -0.497 e. The van der Waals surface area contributed by atoms with Crippen molar-refractivity contribution in [3.05, 3.63) is 71.1 Å². The van der Waals surface area contributed by atoms with Crippen LogP contribution in [-0.2, 0) is 6.54 Å². The zero-order valence-corrected chi connectivity index (χ0v) is 16.2. The lowest BCUT2D eigenvalue weighted by Gasteiger charge is -2.01. The van der Waals surface area contributed by atoms with E-state index in [1.54, 1.807) is 13.2 Å². The highest BCUT2D eigenvalue weighted by molar-refractivity contribution is 7.16. The van der Waals surface area contributed by atoms with Crippen molar-refractivity contribution < 1.29 is 14.1 Å². The van der Waals surface area contributed by atoms with Crippen molar-refractivity contribution in [1.29, 1.82) is 0 Å². The van der Waals surface area contributed by atoms with Crippen LogP contribution in [-0.4, -0.2) is 27.7 Å². The quantitative estimate of drug-likeness (QED) is 0.537. The first-order chi connectivity index (χ1) is 13.6. The second kappa shape index (κ2) is 7.69.